The number of anilines is 3. The highest BCUT2D eigenvalue weighted by atomic mass is 16.5. The minimum atomic E-state index is 0.618. The zero-order valence-corrected chi connectivity index (χ0v) is 12.6. The fraction of sp³-hybridized carbons (Fsp3) is 0.294. The molecule has 0 amide bonds. The van der Waals surface area contributed by atoms with Crippen molar-refractivity contribution >= 4 is 17.1 Å². The summed E-state index contributed by atoms with van der Waals surface area (Å²) in [4.78, 5) is 0. The molecule has 0 radical (unpaired) electrons. The molecular weight excluding hydrogens is 264 g/mol. The van der Waals surface area contributed by atoms with E-state index < -0.39 is 0 Å². The summed E-state index contributed by atoms with van der Waals surface area (Å²) >= 11 is 0. The molecule has 0 heterocycles. The summed E-state index contributed by atoms with van der Waals surface area (Å²) in [5.41, 5.74) is 8.53. The first kappa shape index (κ1) is 15.0. The molecule has 112 valence electrons. The van der Waals surface area contributed by atoms with Crippen LogP contribution in [0.15, 0.2) is 42.5 Å². The summed E-state index contributed by atoms with van der Waals surface area (Å²) in [6, 6.07) is 13.5. The van der Waals surface area contributed by atoms with Crippen molar-refractivity contribution in [3.05, 3.63) is 42.5 Å². The third kappa shape index (κ3) is 4.05. The first-order chi connectivity index (χ1) is 10.2. The van der Waals surface area contributed by atoms with Crippen molar-refractivity contribution in [2.75, 3.05) is 24.3 Å². The van der Waals surface area contributed by atoms with Crippen LogP contribution in [0.25, 0.3) is 0 Å². The van der Waals surface area contributed by atoms with Gasteiger partial charge in [0, 0.05) is 11.8 Å². The van der Waals surface area contributed by atoms with Gasteiger partial charge in [0.25, 0.3) is 0 Å². The molecule has 0 aliphatic heterocycles. The van der Waals surface area contributed by atoms with Gasteiger partial charge in [-0.15, -0.1) is 0 Å². The number of rotatable bonds is 7. The van der Waals surface area contributed by atoms with Crippen molar-refractivity contribution in [3.8, 4) is 11.5 Å². The second-order valence-electron chi connectivity index (χ2n) is 4.65. The van der Waals surface area contributed by atoms with Gasteiger partial charge in [0.2, 0.25) is 0 Å². The van der Waals surface area contributed by atoms with Crippen LogP contribution in [0.2, 0.25) is 0 Å². The van der Waals surface area contributed by atoms with E-state index in [1.165, 1.54) is 0 Å². The molecule has 4 nitrogen and oxygen atoms in total. The van der Waals surface area contributed by atoms with Crippen molar-refractivity contribution in [2.24, 2.45) is 0 Å². The predicted molar refractivity (Wildman–Crippen MR) is 87.5 cm³/mol. The fourth-order valence-electron chi connectivity index (χ4n) is 1.98. The molecule has 0 spiro atoms. The van der Waals surface area contributed by atoms with Crippen LogP contribution in [-0.4, -0.2) is 13.2 Å². The van der Waals surface area contributed by atoms with Crippen LogP contribution in [0.1, 0.15) is 20.3 Å². The molecule has 3 N–H and O–H groups in total. The fourth-order valence-corrected chi connectivity index (χ4v) is 1.98. The normalized spacial score (nSPS) is 10.2. The molecule has 0 aliphatic carbocycles. The number of hydrogen-bond acceptors (Lipinski definition) is 4. The van der Waals surface area contributed by atoms with Gasteiger partial charge in [0.15, 0.2) is 0 Å². The molecule has 2 rings (SSSR count). The summed E-state index contributed by atoms with van der Waals surface area (Å²) < 4.78 is 11.1. The van der Waals surface area contributed by atoms with E-state index in [0.29, 0.717) is 24.7 Å². The van der Waals surface area contributed by atoms with Crippen LogP contribution < -0.4 is 20.5 Å². The van der Waals surface area contributed by atoms with E-state index in [9.17, 15) is 0 Å². The van der Waals surface area contributed by atoms with Crippen LogP contribution >= 0.6 is 0 Å². The Morgan fingerprint density at radius 3 is 2.62 bits per heavy atom. The Bertz CT molecular complexity index is 585. The van der Waals surface area contributed by atoms with Crippen molar-refractivity contribution in [1.29, 1.82) is 0 Å². The molecular formula is C17H22N2O2. The van der Waals surface area contributed by atoms with E-state index >= 15 is 0 Å². The Hall–Kier alpha value is -2.36. The van der Waals surface area contributed by atoms with E-state index in [1.807, 2.05) is 49.4 Å². The summed E-state index contributed by atoms with van der Waals surface area (Å²) in [5.74, 6) is 1.54. The Morgan fingerprint density at radius 1 is 1.05 bits per heavy atom. The molecule has 4 heteroatoms. The first-order valence-electron chi connectivity index (χ1n) is 7.25. The highest BCUT2D eigenvalue weighted by molar-refractivity contribution is 5.77. The van der Waals surface area contributed by atoms with Gasteiger partial charge >= 0.3 is 0 Å². The minimum absolute atomic E-state index is 0.618. The van der Waals surface area contributed by atoms with E-state index in [1.54, 1.807) is 0 Å². The molecule has 0 atom stereocenters. The zero-order chi connectivity index (χ0) is 15.1. The third-order valence-electron chi connectivity index (χ3n) is 2.95. The number of nitrogens with two attached hydrogens (primary N) is 1. The van der Waals surface area contributed by atoms with Crippen molar-refractivity contribution in [3.63, 3.8) is 0 Å². The average molecular weight is 286 g/mol. The highest BCUT2D eigenvalue weighted by Crippen LogP contribution is 2.32. The maximum absolute atomic E-state index is 6.15. The zero-order valence-electron chi connectivity index (χ0n) is 12.6. The smallest absolute Gasteiger partial charge is 0.144 e. The second kappa shape index (κ2) is 7.43. The quantitative estimate of drug-likeness (QED) is 0.749. The molecule has 0 bridgehead atoms. The Morgan fingerprint density at radius 2 is 1.86 bits per heavy atom. The number of hydrogen-bond donors (Lipinski definition) is 2. The van der Waals surface area contributed by atoms with Gasteiger partial charge in [0.1, 0.15) is 11.5 Å². The molecule has 0 aromatic heterocycles. The Labute approximate surface area is 125 Å². The average Bonchev–Trinajstić information content (AvgIpc) is 2.49. The van der Waals surface area contributed by atoms with Gasteiger partial charge in [-0.05, 0) is 37.6 Å². The summed E-state index contributed by atoms with van der Waals surface area (Å²) in [6.07, 6.45) is 0.952. The monoisotopic (exact) mass is 286 g/mol. The van der Waals surface area contributed by atoms with Gasteiger partial charge in [-0.2, -0.15) is 0 Å². The molecule has 0 unspecified atom stereocenters. The maximum Gasteiger partial charge on any atom is 0.144 e. The van der Waals surface area contributed by atoms with Gasteiger partial charge in [-0.1, -0.05) is 19.1 Å². The van der Waals surface area contributed by atoms with Crippen LogP contribution in [-0.2, 0) is 0 Å². The SMILES string of the molecule is CCCOc1cccc(Nc2cccc(OCC)c2)c1N. The van der Waals surface area contributed by atoms with Gasteiger partial charge < -0.3 is 20.5 Å². The van der Waals surface area contributed by atoms with Gasteiger partial charge in [0.05, 0.1) is 24.6 Å². The standard InChI is InChI=1S/C17H22N2O2/c1-3-11-21-16-10-6-9-15(17(16)18)19-13-7-5-8-14(12-13)20-4-2/h5-10,12,19H,3-4,11,18H2,1-2H3. The summed E-state index contributed by atoms with van der Waals surface area (Å²) in [7, 11) is 0. The molecule has 0 saturated heterocycles. The first-order valence-corrected chi connectivity index (χ1v) is 7.25. The molecule has 2 aromatic rings. The number of nitrogens with one attached hydrogen (secondary N) is 1. The predicted octanol–water partition coefficient (Wildman–Crippen LogP) is 4.20. The number of ether oxygens (including phenoxy) is 2. The highest BCUT2D eigenvalue weighted by Gasteiger charge is 2.06. The van der Waals surface area contributed by atoms with Crippen molar-refractivity contribution in [2.45, 2.75) is 20.3 Å². The lowest BCUT2D eigenvalue weighted by molar-refractivity contribution is 0.319. The third-order valence-corrected chi connectivity index (χ3v) is 2.95. The van der Waals surface area contributed by atoms with Crippen molar-refractivity contribution < 1.29 is 9.47 Å². The summed E-state index contributed by atoms with van der Waals surface area (Å²) in [6.45, 7) is 5.34. The largest absolute Gasteiger partial charge is 0.494 e. The van der Waals surface area contributed by atoms with Crippen LogP contribution in [0.3, 0.4) is 0 Å². The van der Waals surface area contributed by atoms with E-state index in [0.717, 1.165) is 23.5 Å². The lowest BCUT2D eigenvalue weighted by Crippen LogP contribution is -2.02. The summed E-state index contributed by atoms with van der Waals surface area (Å²) in [5, 5.41) is 3.30. The van der Waals surface area contributed by atoms with Crippen molar-refractivity contribution in [1.82, 2.24) is 0 Å². The second-order valence-corrected chi connectivity index (χ2v) is 4.65. The Balaban J connectivity index is 2.17. The number of nitrogen functional groups attached to an aromatic ring is 1. The topological polar surface area (TPSA) is 56.5 Å². The molecule has 0 fully saturated rings. The van der Waals surface area contributed by atoms with Gasteiger partial charge in [-0.3, -0.25) is 0 Å². The van der Waals surface area contributed by atoms with E-state index in [2.05, 4.69) is 12.2 Å². The van der Waals surface area contributed by atoms with Crippen LogP contribution in [0, 0.1) is 0 Å². The van der Waals surface area contributed by atoms with E-state index in [-0.39, 0.29) is 0 Å². The molecule has 0 saturated carbocycles. The maximum atomic E-state index is 6.15. The van der Waals surface area contributed by atoms with Gasteiger partial charge in [-0.25, -0.2) is 0 Å². The number of benzene rings is 2. The van der Waals surface area contributed by atoms with Crippen LogP contribution in [0.4, 0.5) is 17.1 Å². The lowest BCUT2D eigenvalue weighted by atomic mass is 10.2. The number of para-hydroxylation sites is 1. The lowest BCUT2D eigenvalue weighted by Gasteiger charge is -2.14. The Kier molecular flexibility index (Phi) is 5.32. The van der Waals surface area contributed by atoms with E-state index in [4.69, 9.17) is 15.2 Å². The molecule has 2 aromatic carbocycles. The van der Waals surface area contributed by atoms with Crippen LogP contribution in [0.5, 0.6) is 11.5 Å². The molecule has 21 heavy (non-hydrogen) atoms. The minimum Gasteiger partial charge on any atom is -0.494 e. The molecule has 0 aliphatic rings.